The Labute approximate surface area is 198 Å². The zero-order valence-corrected chi connectivity index (χ0v) is 20.3. The largest absolute Gasteiger partial charge is 0.495 e. The van der Waals surface area contributed by atoms with Gasteiger partial charge in [0.15, 0.2) is 0 Å². The van der Waals surface area contributed by atoms with Crippen LogP contribution in [0.3, 0.4) is 0 Å². The molecule has 0 aromatic heterocycles. The second-order valence-corrected chi connectivity index (χ2v) is 9.95. The molecule has 0 radical (unpaired) electrons. The highest BCUT2D eigenvalue weighted by Gasteiger charge is 2.37. The minimum absolute atomic E-state index is 0.0581. The summed E-state index contributed by atoms with van der Waals surface area (Å²) in [4.78, 5) is 27.1. The molecule has 1 heterocycles. The van der Waals surface area contributed by atoms with Crippen molar-refractivity contribution < 1.29 is 27.5 Å². The Morgan fingerprint density at radius 1 is 1.15 bits per heavy atom. The van der Waals surface area contributed by atoms with E-state index in [2.05, 4.69) is 10.0 Å². The lowest BCUT2D eigenvalue weighted by molar-refractivity contribution is -0.126. The molecule has 9 nitrogen and oxygen atoms in total. The van der Waals surface area contributed by atoms with Crippen LogP contribution in [0.5, 0.6) is 11.5 Å². The Kier molecular flexibility index (Phi) is 7.38. The number of carbonyl (C=O) groups is 2. The standard InChI is InChI=1S/C22H26ClN3O6S/c1-13(14-5-7-16(8-6-14)25-33(4,29)30)24-22(28)15-9-21(27)26(12-15)18-10-17(23)19(31-2)11-20(18)32-3/h5-8,10-11,13,15,25H,9,12H2,1-4H3,(H,24,28)/t13-,15-/m0/s1. The van der Waals surface area contributed by atoms with Gasteiger partial charge in [0.1, 0.15) is 11.5 Å². The van der Waals surface area contributed by atoms with Crippen molar-refractivity contribution in [2.75, 3.05) is 36.6 Å². The fraction of sp³-hybridized carbons (Fsp3) is 0.364. The number of sulfonamides is 1. The van der Waals surface area contributed by atoms with Crippen molar-refractivity contribution in [2.24, 2.45) is 5.92 Å². The summed E-state index contributed by atoms with van der Waals surface area (Å²) in [5.41, 5.74) is 1.71. The molecule has 1 saturated heterocycles. The summed E-state index contributed by atoms with van der Waals surface area (Å²) in [5.74, 6) is -0.169. The smallest absolute Gasteiger partial charge is 0.229 e. The molecule has 33 heavy (non-hydrogen) atoms. The summed E-state index contributed by atoms with van der Waals surface area (Å²) >= 11 is 6.23. The highest BCUT2D eigenvalue weighted by atomic mass is 35.5. The van der Waals surface area contributed by atoms with Gasteiger partial charge in [-0.15, -0.1) is 0 Å². The van der Waals surface area contributed by atoms with Gasteiger partial charge in [0.05, 0.1) is 43.1 Å². The van der Waals surface area contributed by atoms with Crippen molar-refractivity contribution in [1.82, 2.24) is 5.32 Å². The molecule has 0 saturated carbocycles. The minimum Gasteiger partial charge on any atom is -0.495 e. The van der Waals surface area contributed by atoms with E-state index in [-0.39, 0.29) is 30.8 Å². The number of hydrogen-bond acceptors (Lipinski definition) is 6. The minimum atomic E-state index is -3.37. The molecule has 1 aliphatic heterocycles. The topological polar surface area (TPSA) is 114 Å². The number of halogens is 1. The second kappa shape index (κ2) is 9.88. The van der Waals surface area contributed by atoms with Crippen molar-refractivity contribution in [3.05, 3.63) is 47.0 Å². The molecule has 2 aromatic carbocycles. The van der Waals surface area contributed by atoms with Crippen molar-refractivity contribution in [2.45, 2.75) is 19.4 Å². The van der Waals surface area contributed by atoms with Gasteiger partial charge in [-0.25, -0.2) is 8.42 Å². The molecule has 1 aliphatic rings. The number of amides is 2. The van der Waals surface area contributed by atoms with Gasteiger partial charge >= 0.3 is 0 Å². The van der Waals surface area contributed by atoms with Gasteiger partial charge in [0.2, 0.25) is 21.8 Å². The number of benzene rings is 2. The Hall–Kier alpha value is -2.98. The SMILES string of the molecule is COc1cc(OC)c(N2C[C@@H](C(=O)N[C@@H](C)c3ccc(NS(C)(=O)=O)cc3)CC2=O)cc1Cl. The zero-order valence-electron chi connectivity index (χ0n) is 18.7. The summed E-state index contributed by atoms with van der Waals surface area (Å²) < 4.78 is 35.6. The molecule has 0 bridgehead atoms. The third-order valence-corrected chi connectivity index (χ3v) is 6.21. The average Bonchev–Trinajstić information content (AvgIpc) is 3.14. The number of anilines is 2. The first-order chi connectivity index (χ1) is 15.5. The molecule has 2 amide bonds. The van der Waals surface area contributed by atoms with E-state index in [0.29, 0.717) is 27.9 Å². The number of hydrogen-bond donors (Lipinski definition) is 2. The maximum Gasteiger partial charge on any atom is 0.229 e. The number of ether oxygens (including phenoxy) is 2. The van der Waals surface area contributed by atoms with Crippen LogP contribution in [-0.2, 0) is 19.6 Å². The van der Waals surface area contributed by atoms with Crippen LogP contribution >= 0.6 is 11.6 Å². The summed E-state index contributed by atoms with van der Waals surface area (Å²) in [7, 11) is -0.400. The van der Waals surface area contributed by atoms with Gasteiger partial charge in [0.25, 0.3) is 0 Å². The van der Waals surface area contributed by atoms with Gasteiger partial charge in [-0.05, 0) is 30.7 Å². The van der Waals surface area contributed by atoms with Crippen LogP contribution in [0.15, 0.2) is 36.4 Å². The first-order valence-corrected chi connectivity index (χ1v) is 12.4. The lowest BCUT2D eigenvalue weighted by Gasteiger charge is -2.21. The number of rotatable bonds is 8. The molecule has 2 N–H and O–H groups in total. The zero-order chi connectivity index (χ0) is 24.3. The van der Waals surface area contributed by atoms with Crippen LogP contribution in [0.1, 0.15) is 24.9 Å². The molecule has 0 aliphatic carbocycles. The fourth-order valence-corrected chi connectivity index (χ4v) is 4.44. The van der Waals surface area contributed by atoms with Crippen molar-refractivity contribution >= 4 is 44.8 Å². The van der Waals surface area contributed by atoms with Crippen LogP contribution in [0, 0.1) is 5.92 Å². The van der Waals surface area contributed by atoms with Crippen molar-refractivity contribution in [1.29, 1.82) is 0 Å². The average molecular weight is 496 g/mol. The molecular weight excluding hydrogens is 470 g/mol. The van der Waals surface area contributed by atoms with Crippen LogP contribution in [0.4, 0.5) is 11.4 Å². The third kappa shape index (κ3) is 5.88. The molecule has 1 fully saturated rings. The third-order valence-electron chi connectivity index (χ3n) is 5.31. The predicted octanol–water partition coefficient (Wildman–Crippen LogP) is 2.96. The number of carbonyl (C=O) groups excluding carboxylic acids is 2. The Bertz CT molecular complexity index is 1150. The van der Waals surface area contributed by atoms with E-state index in [1.54, 1.807) is 36.4 Å². The molecule has 0 unspecified atom stereocenters. The second-order valence-electron chi connectivity index (χ2n) is 7.79. The maximum absolute atomic E-state index is 12.9. The first kappa shape index (κ1) is 24.7. The highest BCUT2D eigenvalue weighted by Crippen LogP contribution is 2.40. The quantitative estimate of drug-likeness (QED) is 0.582. The van der Waals surface area contributed by atoms with Gasteiger partial charge in [0, 0.05) is 24.7 Å². The summed E-state index contributed by atoms with van der Waals surface area (Å²) in [6, 6.07) is 9.57. The van der Waals surface area contributed by atoms with E-state index in [0.717, 1.165) is 11.8 Å². The van der Waals surface area contributed by atoms with Crippen LogP contribution in [0.25, 0.3) is 0 Å². The molecule has 178 valence electrons. The van der Waals surface area contributed by atoms with Gasteiger partial charge in [-0.2, -0.15) is 0 Å². The van der Waals surface area contributed by atoms with Crippen molar-refractivity contribution in [3.8, 4) is 11.5 Å². The normalized spacial score (nSPS) is 16.9. The van der Waals surface area contributed by atoms with E-state index in [9.17, 15) is 18.0 Å². The summed E-state index contributed by atoms with van der Waals surface area (Å²) in [6.07, 6.45) is 1.13. The fourth-order valence-electron chi connectivity index (χ4n) is 3.64. The molecule has 0 spiro atoms. The Morgan fingerprint density at radius 2 is 1.79 bits per heavy atom. The van der Waals surface area contributed by atoms with E-state index < -0.39 is 15.9 Å². The first-order valence-electron chi connectivity index (χ1n) is 10.1. The van der Waals surface area contributed by atoms with Crippen LogP contribution < -0.4 is 24.4 Å². The lowest BCUT2D eigenvalue weighted by Crippen LogP contribution is -2.34. The Balaban J connectivity index is 1.69. The Morgan fingerprint density at radius 3 is 2.36 bits per heavy atom. The van der Waals surface area contributed by atoms with Crippen LogP contribution in [-0.4, -0.2) is 47.3 Å². The number of methoxy groups -OCH3 is 2. The van der Waals surface area contributed by atoms with Crippen LogP contribution in [0.2, 0.25) is 5.02 Å². The maximum atomic E-state index is 12.9. The molecular formula is C22H26ClN3O6S. The monoisotopic (exact) mass is 495 g/mol. The van der Waals surface area contributed by atoms with E-state index >= 15 is 0 Å². The van der Waals surface area contributed by atoms with Gasteiger partial charge in [-0.1, -0.05) is 23.7 Å². The molecule has 2 aromatic rings. The molecule has 11 heteroatoms. The van der Waals surface area contributed by atoms with Crippen molar-refractivity contribution in [3.63, 3.8) is 0 Å². The van der Waals surface area contributed by atoms with E-state index in [4.69, 9.17) is 21.1 Å². The molecule has 2 atom stereocenters. The predicted molar refractivity (Wildman–Crippen MR) is 126 cm³/mol. The van der Waals surface area contributed by atoms with Gasteiger partial charge < -0.3 is 19.7 Å². The molecule has 3 rings (SSSR count). The van der Waals surface area contributed by atoms with E-state index in [1.165, 1.54) is 19.1 Å². The van der Waals surface area contributed by atoms with E-state index in [1.807, 2.05) is 6.92 Å². The number of nitrogens with zero attached hydrogens (tertiary/aromatic N) is 1. The van der Waals surface area contributed by atoms with Gasteiger partial charge in [-0.3, -0.25) is 14.3 Å². The summed E-state index contributed by atoms with van der Waals surface area (Å²) in [6.45, 7) is 2.01. The lowest BCUT2D eigenvalue weighted by atomic mass is 10.0. The number of nitrogens with one attached hydrogen (secondary N) is 2. The summed E-state index contributed by atoms with van der Waals surface area (Å²) in [5, 5.41) is 3.25. The highest BCUT2D eigenvalue weighted by molar-refractivity contribution is 7.92.